The minimum atomic E-state index is -3.11. The van der Waals surface area contributed by atoms with Crippen LogP contribution in [0.1, 0.15) is 26.2 Å². The Labute approximate surface area is 139 Å². The molecule has 0 spiro atoms. The fourth-order valence-corrected chi connectivity index (χ4v) is 3.86. The Morgan fingerprint density at radius 2 is 1.95 bits per heavy atom. The maximum atomic E-state index is 11.9. The number of halogens is 1. The zero-order valence-electron chi connectivity index (χ0n) is 13.3. The molecule has 0 atom stereocenters. The highest BCUT2D eigenvalue weighted by atomic mass is 35.5. The summed E-state index contributed by atoms with van der Waals surface area (Å²) in [6.45, 7) is 4.31. The molecule has 1 aliphatic heterocycles. The highest BCUT2D eigenvalue weighted by molar-refractivity contribution is 7.89. The van der Waals surface area contributed by atoms with Gasteiger partial charge in [-0.3, -0.25) is 4.79 Å². The van der Waals surface area contributed by atoms with E-state index in [0.717, 1.165) is 0 Å². The predicted octanol–water partition coefficient (Wildman–Crippen LogP) is -0.0354. The van der Waals surface area contributed by atoms with E-state index in [0.29, 0.717) is 45.5 Å². The topological polar surface area (TPSA) is 87.7 Å². The third kappa shape index (κ3) is 7.73. The highest BCUT2D eigenvalue weighted by Gasteiger charge is 2.27. The van der Waals surface area contributed by atoms with E-state index in [1.165, 1.54) is 4.31 Å². The third-order valence-corrected chi connectivity index (χ3v) is 5.52. The second kappa shape index (κ2) is 11.2. The molecule has 22 heavy (non-hydrogen) atoms. The molecule has 0 aromatic carbocycles. The number of rotatable bonds is 9. The molecule has 0 bridgehead atoms. The van der Waals surface area contributed by atoms with Crippen LogP contribution in [0.25, 0.3) is 0 Å². The number of amides is 1. The Morgan fingerprint density at radius 1 is 1.32 bits per heavy atom. The van der Waals surface area contributed by atoms with Crippen LogP contribution >= 0.6 is 12.4 Å². The normalized spacial score (nSPS) is 17.0. The molecule has 0 aromatic rings. The summed E-state index contributed by atoms with van der Waals surface area (Å²) in [5.41, 5.74) is 0. The summed E-state index contributed by atoms with van der Waals surface area (Å²) in [4.78, 5) is 11.7. The minimum absolute atomic E-state index is 0. The molecule has 9 heteroatoms. The number of methoxy groups -OCH3 is 1. The van der Waals surface area contributed by atoms with Crippen molar-refractivity contribution in [2.24, 2.45) is 0 Å². The van der Waals surface area contributed by atoms with Gasteiger partial charge >= 0.3 is 0 Å². The van der Waals surface area contributed by atoms with E-state index in [-0.39, 0.29) is 36.7 Å². The van der Waals surface area contributed by atoms with Crippen LogP contribution in [0.15, 0.2) is 0 Å². The van der Waals surface area contributed by atoms with Crippen LogP contribution in [0, 0.1) is 0 Å². The molecule has 7 nitrogen and oxygen atoms in total. The van der Waals surface area contributed by atoms with Crippen molar-refractivity contribution in [1.82, 2.24) is 14.9 Å². The Morgan fingerprint density at radius 3 is 2.50 bits per heavy atom. The Bertz CT molecular complexity index is 412. The smallest absolute Gasteiger partial charge is 0.234 e. The maximum Gasteiger partial charge on any atom is 0.234 e. The molecule has 0 saturated carbocycles. The molecule has 1 saturated heterocycles. The van der Waals surface area contributed by atoms with Crippen LogP contribution in [0.5, 0.6) is 0 Å². The lowest BCUT2D eigenvalue weighted by atomic mass is 10.1. The van der Waals surface area contributed by atoms with Gasteiger partial charge in [-0.1, -0.05) is 6.92 Å². The summed E-state index contributed by atoms with van der Waals surface area (Å²) in [5, 5.41) is 5.92. The van der Waals surface area contributed by atoms with E-state index < -0.39 is 10.0 Å². The third-order valence-electron chi connectivity index (χ3n) is 3.44. The van der Waals surface area contributed by atoms with Gasteiger partial charge in [0.15, 0.2) is 0 Å². The number of piperidine rings is 1. The standard InChI is InChI=1S/C13H27N3O4S.ClH/c1-3-10-21(18,19)16-7-4-12(5-8-16)15-13(17)11-14-6-9-20-2;/h12,14H,3-11H2,1-2H3,(H,15,17);1H. The number of nitrogens with one attached hydrogen (secondary N) is 2. The summed E-state index contributed by atoms with van der Waals surface area (Å²) < 4.78 is 30.3. The zero-order chi connectivity index (χ0) is 15.7. The molecule has 1 rings (SSSR count). The number of carbonyl (C=O) groups excluding carboxylic acids is 1. The van der Waals surface area contributed by atoms with E-state index >= 15 is 0 Å². The van der Waals surface area contributed by atoms with Crippen LogP contribution in [0.2, 0.25) is 0 Å². The quantitative estimate of drug-likeness (QED) is 0.565. The number of sulfonamides is 1. The molecule has 0 unspecified atom stereocenters. The first-order valence-electron chi connectivity index (χ1n) is 7.46. The van der Waals surface area contributed by atoms with Crippen LogP contribution in [-0.4, -0.2) is 70.3 Å². The van der Waals surface area contributed by atoms with Crippen molar-refractivity contribution in [2.45, 2.75) is 32.2 Å². The van der Waals surface area contributed by atoms with Crippen molar-refractivity contribution in [3.05, 3.63) is 0 Å². The number of carbonyl (C=O) groups is 1. The molecule has 0 radical (unpaired) electrons. The fourth-order valence-electron chi connectivity index (χ4n) is 2.32. The number of hydrogen-bond acceptors (Lipinski definition) is 5. The first kappa shape index (κ1) is 21.6. The van der Waals surface area contributed by atoms with Gasteiger partial charge in [-0.25, -0.2) is 12.7 Å². The lowest BCUT2D eigenvalue weighted by molar-refractivity contribution is -0.121. The van der Waals surface area contributed by atoms with E-state index in [2.05, 4.69) is 10.6 Å². The fraction of sp³-hybridized carbons (Fsp3) is 0.923. The Kier molecular flexibility index (Phi) is 11.0. The van der Waals surface area contributed by atoms with Crippen molar-refractivity contribution >= 4 is 28.3 Å². The van der Waals surface area contributed by atoms with Gasteiger partial charge in [0.1, 0.15) is 0 Å². The van der Waals surface area contributed by atoms with Gasteiger partial charge < -0.3 is 15.4 Å². The summed E-state index contributed by atoms with van der Waals surface area (Å²) in [7, 11) is -1.50. The zero-order valence-corrected chi connectivity index (χ0v) is 15.0. The van der Waals surface area contributed by atoms with Crippen LogP contribution in [-0.2, 0) is 19.6 Å². The van der Waals surface area contributed by atoms with Crippen LogP contribution < -0.4 is 10.6 Å². The van der Waals surface area contributed by atoms with Crippen LogP contribution in [0.3, 0.4) is 0 Å². The average Bonchev–Trinajstić information content (AvgIpc) is 2.44. The monoisotopic (exact) mass is 357 g/mol. The maximum absolute atomic E-state index is 11.9. The average molecular weight is 358 g/mol. The molecule has 0 aromatic heterocycles. The molecular weight excluding hydrogens is 330 g/mol. The van der Waals surface area contributed by atoms with Gasteiger partial charge in [0.25, 0.3) is 0 Å². The first-order chi connectivity index (χ1) is 9.99. The van der Waals surface area contributed by atoms with Crippen LogP contribution in [0.4, 0.5) is 0 Å². The molecule has 1 fully saturated rings. The second-order valence-electron chi connectivity index (χ2n) is 5.23. The van der Waals surface area contributed by atoms with E-state index in [9.17, 15) is 13.2 Å². The molecule has 2 N–H and O–H groups in total. The van der Waals surface area contributed by atoms with Crippen molar-refractivity contribution in [1.29, 1.82) is 0 Å². The molecule has 132 valence electrons. The van der Waals surface area contributed by atoms with Crippen molar-refractivity contribution < 1.29 is 17.9 Å². The molecule has 1 aliphatic rings. The van der Waals surface area contributed by atoms with Crippen molar-refractivity contribution in [3.63, 3.8) is 0 Å². The summed E-state index contributed by atoms with van der Waals surface area (Å²) in [6, 6.07) is 0.0646. The lowest BCUT2D eigenvalue weighted by Crippen LogP contribution is -2.48. The second-order valence-corrected chi connectivity index (χ2v) is 7.31. The van der Waals surface area contributed by atoms with Gasteiger partial charge in [0, 0.05) is 32.8 Å². The number of hydrogen-bond donors (Lipinski definition) is 2. The molecule has 0 aliphatic carbocycles. The van der Waals surface area contributed by atoms with E-state index in [1.807, 2.05) is 6.92 Å². The Hall–Kier alpha value is -0.410. The van der Waals surface area contributed by atoms with E-state index in [1.54, 1.807) is 7.11 Å². The predicted molar refractivity (Wildman–Crippen MR) is 88.8 cm³/mol. The van der Waals surface area contributed by atoms with Gasteiger partial charge in [0.2, 0.25) is 15.9 Å². The summed E-state index contributed by atoms with van der Waals surface area (Å²) in [5.74, 6) is 0.147. The first-order valence-corrected chi connectivity index (χ1v) is 9.07. The summed E-state index contributed by atoms with van der Waals surface area (Å²) >= 11 is 0. The van der Waals surface area contributed by atoms with E-state index in [4.69, 9.17) is 4.74 Å². The summed E-state index contributed by atoms with van der Waals surface area (Å²) in [6.07, 6.45) is 1.98. The molecule has 1 heterocycles. The number of ether oxygens (including phenoxy) is 1. The molecule has 1 amide bonds. The van der Waals surface area contributed by atoms with Crippen molar-refractivity contribution in [3.8, 4) is 0 Å². The van der Waals surface area contributed by atoms with Gasteiger partial charge in [0.05, 0.1) is 18.9 Å². The van der Waals surface area contributed by atoms with Crippen molar-refractivity contribution in [2.75, 3.05) is 45.6 Å². The highest BCUT2D eigenvalue weighted by Crippen LogP contribution is 2.14. The van der Waals surface area contributed by atoms with Gasteiger partial charge in [-0.05, 0) is 19.3 Å². The molecular formula is C13H28ClN3O4S. The number of nitrogens with zero attached hydrogens (tertiary/aromatic N) is 1. The minimum Gasteiger partial charge on any atom is -0.383 e. The Balaban J connectivity index is 0.00000441. The largest absolute Gasteiger partial charge is 0.383 e. The van der Waals surface area contributed by atoms with Gasteiger partial charge in [-0.2, -0.15) is 0 Å². The lowest BCUT2D eigenvalue weighted by Gasteiger charge is -2.31. The van der Waals surface area contributed by atoms with Gasteiger partial charge in [-0.15, -0.1) is 12.4 Å². The SMILES string of the molecule is CCCS(=O)(=O)N1CCC(NC(=O)CNCCOC)CC1.Cl.